The third-order valence-corrected chi connectivity index (χ3v) is 4.77. The summed E-state index contributed by atoms with van der Waals surface area (Å²) in [5.41, 5.74) is 1.83. The molecular formula is C21H19F3N2O3. The van der Waals surface area contributed by atoms with Gasteiger partial charge in [-0.3, -0.25) is 9.59 Å². The molecule has 2 aromatic rings. The summed E-state index contributed by atoms with van der Waals surface area (Å²) >= 11 is 0. The SMILES string of the molecule is C=CC(=O)NC1Cc2c(CC(=O)O)cccc2N(c2ccc(C(F)(F)F)cc2)C1. The summed E-state index contributed by atoms with van der Waals surface area (Å²) in [7, 11) is 0. The minimum absolute atomic E-state index is 0.188. The minimum Gasteiger partial charge on any atom is -0.481 e. The summed E-state index contributed by atoms with van der Waals surface area (Å²) in [6.45, 7) is 3.76. The Balaban J connectivity index is 2.03. The maximum Gasteiger partial charge on any atom is 0.416 e. The van der Waals surface area contributed by atoms with Gasteiger partial charge in [-0.05, 0) is 54.0 Å². The highest BCUT2D eigenvalue weighted by molar-refractivity contribution is 5.87. The van der Waals surface area contributed by atoms with E-state index in [1.54, 1.807) is 23.1 Å². The first kappa shape index (κ1) is 20.4. The molecule has 1 aliphatic rings. The van der Waals surface area contributed by atoms with Crippen molar-refractivity contribution in [3.63, 3.8) is 0 Å². The zero-order chi connectivity index (χ0) is 21.2. The third-order valence-electron chi connectivity index (χ3n) is 4.77. The largest absolute Gasteiger partial charge is 0.481 e. The standard InChI is InChI=1S/C21H19F3N2O3/c1-2-19(27)25-15-11-17-13(10-20(28)29)4-3-5-18(17)26(12-15)16-8-6-14(7-9-16)21(22,23)24/h2-9,15H,1,10-12H2,(H,25,27)(H,28,29). The van der Waals surface area contributed by atoms with E-state index in [-0.39, 0.29) is 18.4 Å². The van der Waals surface area contributed by atoms with E-state index in [0.717, 1.165) is 23.8 Å². The molecule has 1 atom stereocenters. The highest BCUT2D eigenvalue weighted by Gasteiger charge is 2.32. The molecule has 0 saturated heterocycles. The van der Waals surface area contributed by atoms with Crippen LogP contribution in [0.5, 0.6) is 0 Å². The molecule has 0 bridgehead atoms. The molecule has 152 valence electrons. The molecule has 2 N–H and O–H groups in total. The summed E-state index contributed by atoms with van der Waals surface area (Å²) in [6, 6.07) is 9.60. The number of nitrogens with zero attached hydrogens (tertiary/aromatic N) is 1. The van der Waals surface area contributed by atoms with Crippen LogP contribution in [0.3, 0.4) is 0 Å². The van der Waals surface area contributed by atoms with Crippen LogP contribution in [0.4, 0.5) is 24.5 Å². The first-order valence-corrected chi connectivity index (χ1v) is 8.89. The second-order valence-electron chi connectivity index (χ2n) is 6.75. The molecule has 0 fully saturated rings. The van der Waals surface area contributed by atoms with E-state index >= 15 is 0 Å². The number of alkyl halides is 3. The van der Waals surface area contributed by atoms with Gasteiger partial charge in [-0.1, -0.05) is 18.7 Å². The van der Waals surface area contributed by atoms with Crippen molar-refractivity contribution < 1.29 is 27.9 Å². The fraction of sp³-hybridized carbons (Fsp3) is 0.238. The Bertz CT molecular complexity index is 939. The molecule has 0 aromatic heterocycles. The fourth-order valence-corrected chi connectivity index (χ4v) is 3.50. The van der Waals surface area contributed by atoms with E-state index in [9.17, 15) is 27.9 Å². The van der Waals surface area contributed by atoms with Gasteiger partial charge in [0, 0.05) is 17.9 Å². The number of carboxylic acid groups (broad SMARTS) is 1. The number of fused-ring (bicyclic) bond motifs is 1. The van der Waals surface area contributed by atoms with Gasteiger partial charge in [0.25, 0.3) is 0 Å². The van der Waals surface area contributed by atoms with Crippen LogP contribution in [0, 0.1) is 0 Å². The minimum atomic E-state index is -4.44. The van der Waals surface area contributed by atoms with Gasteiger partial charge in [-0.25, -0.2) is 0 Å². The number of rotatable bonds is 5. The van der Waals surface area contributed by atoms with Gasteiger partial charge in [0.15, 0.2) is 0 Å². The van der Waals surface area contributed by atoms with Crippen molar-refractivity contribution in [2.75, 3.05) is 11.4 Å². The number of hydrogen-bond donors (Lipinski definition) is 2. The molecule has 0 saturated carbocycles. The quantitative estimate of drug-likeness (QED) is 0.746. The molecular weight excluding hydrogens is 385 g/mol. The molecule has 0 aliphatic carbocycles. The lowest BCUT2D eigenvalue weighted by atomic mass is 9.91. The molecule has 1 aliphatic heterocycles. The van der Waals surface area contributed by atoms with Crippen molar-refractivity contribution >= 4 is 23.3 Å². The van der Waals surface area contributed by atoms with Crippen LogP contribution in [-0.4, -0.2) is 29.6 Å². The number of anilines is 2. The lowest BCUT2D eigenvalue weighted by Crippen LogP contribution is -2.46. The molecule has 0 radical (unpaired) electrons. The average molecular weight is 404 g/mol. The van der Waals surface area contributed by atoms with Crippen molar-refractivity contribution in [1.29, 1.82) is 0 Å². The number of carbonyl (C=O) groups is 2. The molecule has 1 amide bonds. The van der Waals surface area contributed by atoms with Crippen molar-refractivity contribution in [2.45, 2.75) is 25.1 Å². The van der Waals surface area contributed by atoms with Crippen molar-refractivity contribution in [3.8, 4) is 0 Å². The Morgan fingerprint density at radius 1 is 1.21 bits per heavy atom. The first-order chi connectivity index (χ1) is 13.7. The van der Waals surface area contributed by atoms with Crippen LogP contribution in [0.1, 0.15) is 16.7 Å². The Morgan fingerprint density at radius 3 is 2.48 bits per heavy atom. The second-order valence-corrected chi connectivity index (χ2v) is 6.75. The Morgan fingerprint density at radius 2 is 1.90 bits per heavy atom. The van der Waals surface area contributed by atoms with E-state index in [2.05, 4.69) is 11.9 Å². The Labute approximate surface area is 165 Å². The van der Waals surface area contributed by atoms with Gasteiger partial charge < -0.3 is 15.3 Å². The lowest BCUT2D eigenvalue weighted by Gasteiger charge is -2.37. The van der Waals surface area contributed by atoms with Crippen LogP contribution in [0.2, 0.25) is 0 Å². The second kappa shape index (κ2) is 7.98. The molecule has 8 heteroatoms. The highest BCUT2D eigenvalue weighted by atomic mass is 19.4. The van der Waals surface area contributed by atoms with Crippen LogP contribution < -0.4 is 10.2 Å². The van der Waals surface area contributed by atoms with Crippen molar-refractivity contribution in [1.82, 2.24) is 5.32 Å². The normalized spacial score (nSPS) is 16.1. The summed E-state index contributed by atoms with van der Waals surface area (Å²) in [4.78, 5) is 24.8. The summed E-state index contributed by atoms with van der Waals surface area (Å²) in [6.07, 6.45) is -3.07. The van der Waals surface area contributed by atoms with E-state index in [4.69, 9.17) is 0 Å². The molecule has 3 rings (SSSR count). The first-order valence-electron chi connectivity index (χ1n) is 8.89. The van der Waals surface area contributed by atoms with Crippen LogP contribution in [-0.2, 0) is 28.6 Å². The molecule has 5 nitrogen and oxygen atoms in total. The maximum absolute atomic E-state index is 12.9. The number of hydrogen-bond acceptors (Lipinski definition) is 3. The van der Waals surface area contributed by atoms with Crippen LogP contribution in [0.25, 0.3) is 0 Å². The fourth-order valence-electron chi connectivity index (χ4n) is 3.50. The smallest absolute Gasteiger partial charge is 0.416 e. The Hall–Kier alpha value is -3.29. The van der Waals surface area contributed by atoms with Crippen LogP contribution >= 0.6 is 0 Å². The van der Waals surface area contributed by atoms with Gasteiger partial charge in [0.1, 0.15) is 0 Å². The summed E-state index contributed by atoms with van der Waals surface area (Å²) < 4.78 is 38.7. The zero-order valence-corrected chi connectivity index (χ0v) is 15.4. The molecule has 29 heavy (non-hydrogen) atoms. The summed E-state index contributed by atoms with van der Waals surface area (Å²) in [5, 5.41) is 12.0. The predicted octanol–water partition coefficient (Wildman–Crippen LogP) is 3.70. The number of aliphatic carboxylic acids is 1. The van der Waals surface area contributed by atoms with Gasteiger partial charge in [-0.2, -0.15) is 13.2 Å². The van der Waals surface area contributed by atoms with Gasteiger partial charge in [-0.15, -0.1) is 0 Å². The van der Waals surface area contributed by atoms with E-state index in [0.29, 0.717) is 29.9 Å². The van der Waals surface area contributed by atoms with E-state index < -0.39 is 17.7 Å². The van der Waals surface area contributed by atoms with Crippen molar-refractivity contribution in [3.05, 3.63) is 71.8 Å². The van der Waals surface area contributed by atoms with Gasteiger partial charge >= 0.3 is 12.1 Å². The number of carboxylic acids is 1. The maximum atomic E-state index is 12.9. The average Bonchev–Trinajstić information content (AvgIpc) is 2.67. The number of halogens is 3. The van der Waals surface area contributed by atoms with Gasteiger partial charge in [0.05, 0.1) is 18.0 Å². The third kappa shape index (κ3) is 4.59. The Kier molecular flexibility index (Phi) is 5.63. The van der Waals surface area contributed by atoms with Crippen LogP contribution in [0.15, 0.2) is 55.1 Å². The lowest BCUT2D eigenvalue weighted by molar-refractivity contribution is -0.138. The number of carbonyl (C=O) groups excluding carboxylic acids is 1. The van der Waals surface area contributed by atoms with Gasteiger partial charge in [0.2, 0.25) is 5.91 Å². The molecule has 0 spiro atoms. The predicted molar refractivity (Wildman–Crippen MR) is 102 cm³/mol. The summed E-state index contributed by atoms with van der Waals surface area (Å²) in [5.74, 6) is -1.36. The molecule has 1 heterocycles. The molecule has 2 aromatic carbocycles. The zero-order valence-electron chi connectivity index (χ0n) is 15.4. The van der Waals surface area contributed by atoms with Crippen molar-refractivity contribution in [2.24, 2.45) is 0 Å². The number of benzene rings is 2. The highest BCUT2D eigenvalue weighted by Crippen LogP contribution is 2.37. The van der Waals surface area contributed by atoms with E-state index in [1.807, 2.05) is 0 Å². The number of amides is 1. The van der Waals surface area contributed by atoms with E-state index in [1.165, 1.54) is 12.1 Å². The number of nitrogens with one attached hydrogen (secondary N) is 1. The topological polar surface area (TPSA) is 69.6 Å². The molecule has 1 unspecified atom stereocenters. The monoisotopic (exact) mass is 404 g/mol.